The van der Waals surface area contributed by atoms with E-state index in [9.17, 15) is 0 Å². The van der Waals surface area contributed by atoms with Gasteiger partial charge in [-0.3, -0.25) is 4.68 Å². The van der Waals surface area contributed by atoms with E-state index in [0.717, 1.165) is 6.42 Å². The Bertz CT molecular complexity index is 457. The average molecular weight is 289 g/mol. The topological polar surface area (TPSA) is 43.8 Å². The molecular weight excluding hydrogens is 258 g/mol. The van der Waals surface area contributed by atoms with Crippen LogP contribution >= 0.6 is 0 Å². The first-order valence-corrected chi connectivity index (χ1v) is 8.86. The second-order valence-corrected chi connectivity index (χ2v) is 7.93. The molecule has 3 heteroatoms. The van der Waals surface area contributed by atoms with Crippen LogP contribution in [0.2, 0.25) is 0 Å². The maximum atomic E-state index is 6.53. The maximum absolute atomic E-state index is 6.53. The highest BCUT2D eigenvalue weighted by Crippen LogP contribution is 2.44. The summed E-state index contributed by atoms with van der Waals surface area (Å²) in [5, 5.41) is 4.83. The van der Waals surface area contributed by atoms with Crippen LogP contribution < -0.4 is 5.73 Å². The Hall–Kier alpha value is -0.830. The molecule has 0 amide bonds. The van der Waals surface area contributed by atoms with Crippen molar-refractivity contribution >= 4 is 0 Å². The van der Waals surface area contributed by atoms with E-state index in [2.05, 4.69) is 30.8 Å². The van der Waals surface area contributed by atoms with Gasteiger partial charge >= 0.3 is 0 Å². The third kappa shape index (κ3) is 3.33. The van der Waals surface area contributed by atoms with Gasteiger partial charge in [-0.25, -0.2) is 0 Å². The van der Waals surface area contributed by atoms with Crippen LogP contribution in [-0.2, 0) is 6.42 Å². The van der Waals surface area contributed by atoms with Crippen molar-refractivity contribution in [3.8, 4) is 0 Å². The number of nitrogens with two attached hydrogens (primary N) is 1. The lowest BCUT2D eigenvalue weighted by molar-refractivity contribution is 0.219. The molecule has 3 rings (SSSR count). The van der Waals surface area contributed by atoms with Crippen LogP contribution in [0, 0.1) is 11.3 Å². The average Bonchev–Trinajstić information content (AvgIpc) is 3.06. The van der Waals surface area contributed by atoms with Gasteiger partial charge in [0.1, 0.15) is 0 Å². The lowest BCUT2D eigenvalue weighted by Gasteiger charge is -2.31. The molecule has 2 fully saturated rings. The molecule has 1 heterocycles. The zero-order chi connectivity index (χ0) is 14.9. The van der Waals surface area contributed by atoms with Gasteiger partial charge < -0.3 is 5.73 Å². The minimum Gasteiger partial charge on any atom is -0.327 e. The molecule has 2 aliphatic rings. The Labute approximate surface area is 129 Å². The monoisotopic (exact) mass is 289 g/mol. The number of hydrogen-bond acceptors (Lipinski definition) is 2. The van der Waals surface area contributed by atoms with Gasteiger partial charge in [0.25, 0.3) is 0 Å². The van der Waals surface area contributed by atoms with Gasteiger partial charge in [0.05, 0.1) is 11.7 Å². The van der Waals surface area contributed by atoms with Crippen LogP contribution in [0.4, 0.5) is 0 Å². The molecular formula is C18H31N3. The van der Waals surface area contributed by atoms with Crippen molar-refractivity contribution in [2.75, 3.05) is 0 Å². The van der Waals surface area contributed by atoms with E-state index < -0.39 is 0 Å². The fourth-order valence-electron chi connectivity index (χ4n) is 4.57. The van der Waals surface area contributed by atoms with Gasteiger partial charge in [0, 0.05) is 18.7 Å². The molecule has 0 aliphatic heterocycles. The Morgan fingerprint density at radius 3 is 2.67 bits per heavy atom. The number of aromatic nitrogens is 2. The molecule has 2 unspecified atom stereocenters. The van der Waals surface area contributed by atoms with Crippen LogP contribution in [0.5, 0.6) is 0 Å². The summed E-state index contributed by atoms with van der Waals surface area (Å²) in [4.78, 5) is 0. The van der Waals surface area contributed by atoms with Gasteiger partial charge in [-0.1, -0.05) is 39.5 Å². The molecule has 0 saturated heterocycles. The number of hydrogen-bond donors (Lipinski definition) is 1. The molecule has 0 radical (unpaired) electrons. The summed E-state index contributed by atoms with van der Waals surface area (Å²) in [5.74, 6) is 0.650. The predicted molar refractivity (Wildman–Crippen MR) is 87.2 cm³/mol. The van der Waals surface area contributed by atoms with Crippen molar-refractivity contribution < 1.29 is 0 Å². The largest absolute Gasteiger partial charge is 0.327 e. The molecule has 2 atom stereocenters. The molecule has 21 heavy (non-hydrogen) atoms. The molecule has 1 aromatic rings. The first kappa shape index (κ1) is 15.1. The van der Waals surface area contributed by atoms with E-state index in [1.165, 1.54) is 57.1 Å². The predicted octanol–water partition coefficient (Wildman–Crippen LogP) is 4.08. The summed E-state index contributed by atoms with van der Waals surface area (Å²) in [5.41, 5.74) is 8.12. The minimum atomic E-state index is 0.261. The minimum absolute atomic E-state index is 0.261. The summed E-state index contributed by atoms with van der Waals surface area (Å²) in [7, 11) is 0. The normalized spacial score (nSPS) is 27.9. The van der Waals surface area contributed by atoms with Crippen LogP contribution in [0.25, 0.3) is 0 Å². The van der Waals surface area contributed by atoms with Crippen LogP contribution in [0.15, 0.2) is 12.3 Å². The van der Waals surface area contributed by atoms with E-state index in [4.69, 9.17) is 10.8 Å². The lowest BCUT2D eigenvalue weighted by Crippen LogP contribution is -2.38. The summed E-state index contributed by atoms with van der Waals surface area (Å²) >= 11 is 0. The van der Waals surface area contributed by atoms with E-state index in [-0.39, 0.29) is 6.04 Å². The fourth-order valence-corrected chi connectivity index (χ4v) is 4.57. The Morgan fingerprint density at radius 1 is 1.24 bits per heavy atom. The standard InChI is InChI=1S/C18H31N3/c1-18(2)11-6-9-16(18)17(19)13-14-10-12-21(20-14)15-7-4-3-5-8-15/h10,12,15-17H,3-9,11,13,19H2,1-2H3. The third-order valence-electron chi connectivity index (χ3n) is 5.91. The highest BCUT2D eigenvalue weighted by atomic mass is 15.3. The number of rotatable bonds is 4. The second-order valence-electron chi connectivity index (χ2n) is 7.93. The Kier molecular flexibility index (Phi) is 4.39. The summed E-state index contributed by atoms with van der Waals surface area (Å²) in [6.07, 6.45) is 13.8. The quantitative estimate of drug-likeness (QED) is 0.907. The summed E-state index contributed by atoms with van der Waals surface area (Å²) in [6.45, 7) is 4.76. The zero-order valence-corrected chi connectivity index (χ0v) is 13.7. The van der Waals surface area contributed by atoms with Crippen LogP contribution in [0.1, 0.15) is 76.9 Å². The van der Waals surface area contributed by atoms with Crippen molar-refractivity contribution in [3.63, 3.8) is 0 Å². The summed E-state index contributed by atoms with van der Waals surface area (Å²) in [6, 6.07) is 3.08. The van der Waals surface area contributed by atoms with Crippen molar-refractivity contribution in [2.24, 2.45) is 17.1 Å². The molecule has 2 N–H and O–H groups in total. The first-order valence-electron chi connectivity index (χ1n) is 8.86. The summed E-state index contributed by atoms with van der Waals surface area (Å²) < 4.78 is 2.21. The van der Waals surface area contributed by atoms with Crippen molar-refractivity contribution in [1.29, 1.82) is 0 Å². The van der Waals surface area contributed by atoms with E-state index in [0.29, 0.717) is 17.4 Å². The molecule has 0 bridgehead atoms. The molecule has 2 saturated carbocycles. The van der Waals surface area contributed by atoms with Crippen LogP contribution in [0.3, 0.4) is 0 Å². The van der Waals surface area contributed by atoms with E-state index in [1.807, 2.05) is 0 Å². The first-order chi connectivity index (χ1) is 10.1. The molecule has 0 aromatic carbocycles. The number of nitrogens with zero attached hydrogens (tertiary/aromatic N) is 2. The van der Waals surface area contributed by atoms with Gasteiger partial charge in [0.2, 0.25) is 0 Å². The Balaban J connectivity index is 1.61. The van der Waals surface area contributed by atoms with Gasteiger partial charge in [-0.15, -0.1) is 0 Å². The molecule has 2 aliphatic carbocycles. The maximum Gasteiger partial charge on any atom is 0.0640 e. The van der Waals surface area contributed by atoms with Crippen molar-refractivity contribution in [2.45, 2.75) is 83.7 Å². The van der Waals surface area contributed by atoms with Crippen molar-refractivity contribution in [3.05, 3.63) is 18.0 Å². The molecule has 118 valence electrons. The van der Waals surface area contributed by atoms with Gasteiger partial charge in [0.15, 0.2) is 0 Å². The second kappa shape index (κ2) is 6.12. The van der Waals surface area contributed by atoms with Gasteiger partial charge in [-0.2, -0.15) is 5.10 Å². The van der Waals surface area contributed by atoms with Gasteiger partial charge in [-0.05, 0) is 43.1 Å². The van der Waals surface area contributed by atoms with E-state index in [1.54, 1.807) is 0 Å². The zero-order valence-electron chi connectivity index (χ0n) is 13.7. The smallest absolute Gasteiger partial charge is 0.0640 e. The molecule has 0 spiro atoms. The molecule has 1 aromatic heterocycles. The highest BCUT2D eigenvalue weighted by molar-refractivity contribution is 5.05. The molecule has 3 nitrogen and oxygen atoms in total. The third-order valence-corrected chi connectivity index (χ3v) is 5.91. The highest BCUT2D eigenvalue weighted by Gasteiger charge is 2.38. The Morgan fingerprint density at radius 2 is 2.00 bits per heavy atom. The fraction of sp³-hybridized carbons (Fsp3) is 0.833. The SMILES string of the molecule is CC1(C)CCCC1C(N)Cc1ccn(C2CCCCC2)n1. The van der Waals surface area contributed by atoms with Crippen LogP contribution in [-0.4, -0.2) is 15.8 Å². The lowest BCUT2D eigenvalue weighted by atomic mass is 9.76. The van der Waals surface area contributed by atoms with E-state index >= 15 is 0 Å². The van der Waals surface area contributed by atoms with Crippen molar-refractivity contribution in [1.82, 2.24) is 9.78 Å².